The summed E-state index contributed by atoms with van der Waals surface area (Å²) >= 11 is 3.33. The van der Waals surface area contributed by atoms with Crippen LogP contribution < -0.4 is 16.0 Å². The van der Waals surface area contributed by atoms with E-state index in [2.05, 4.69) is 31.9 Å². The monoisotopic (exact) mass is 401 g/mol. The van der Waals surface area contributed by atoms with Crippen LogP contribution in [0, 0.1) is 0 Å². The van der Waals surface area contributed by atoms with Crippen molar-refractivity contribution in [3.63, 3.8) is 0 Å². The minimum absolute atomic E-state index is 0.116. The van der Waals surface area contributed by atoms with E-state index < -0.39 is 6.04 Å². The molecule has 2 aromatic carbocycles. The molecule has 1 heterocycles. The van der Waals surface area contributed by atoms with Crippen molar-refractivity contribution in [1.29, 1.82) is 0 Å². The zero-order chi connectivity index (χ0) is 17.8. The molecule has 2 aromatic rings. The maximum absolute atomic E-state index is 12.3. The first-order chi connectivity index (χ1) is 12.0. The first-order valence-electron chi connectivity index (χ1n) is 7.79. The number of benzene rings is 2. The molecule has 3 rings (SSSR count). The minimum Gasteiger partial charge on any atom is -0.340 e. The molecule has 6 nitrogen and oxygen atoms in total. The molecule has 25 heavy (non-hydrogen) atoms. The summed E-state index contributed by atoms with van der Waals surface area (Å²) in [5.74, 6) is -0.867. The van der Waals surface area contributed by atoms with E-state index in [9.17, 15) is 14.4 Å². The Labute approximate surface area is 153 Å². The van der Waals surface area contributed by atoms with Crippen LogP contribution in [-0.2, 0) is 9.59 Å². The average Bonchev–Trinajstić information content (AvgIpc) is 2.72. The van der Waals surface area contributed by atoms with Crippen LogP contribution in [0.15, 0.2) is 53.0 Å². The molecule has 0 bridgehead atoms. The number of para-hydroxylation sites is 1. The predicted molar refractivity (Wildman–Crippen MR) is 98.3 cm³/mol. The summed E-state index contributed by atoms with van der Waals surface area (Å²) < 4.78 is 0.919. The van der Waals surface area contributed by atoms with Gasteiger partial charge in [0, 0.05) is 16.6 Å². The van der Waals surface area contributed by atoms with Crippen LogP contribution in [0.25, 0.3) is 0 Å². The number of rotatable bonds is 4. The molecule has 7 heteroatoms. The number of hydrogen-bond acceptors (Lipinski definition) is 3. The zero-order valence-corrected chi connectivity index (χ0v) is 14.8. The van der Waals surface area contributed by atoms with Gasteiger partial charge in [-0.25, -0.2) is 0 Å². The fourth-order valence-corrected chi connectivity index (χ4v) is 2.81. The third kappa shape index (κ3) is 4.24. The van der Waals surface area contributed by atoms with E-state index in [-0.39, 0.29) is 30.6 Å². The largest absolute Gasteiger partial charge is 0.340 e. The number of anilines is 2. The first kappa shape index (κ1) is 17.2. The summed E-state index contributed by atoms with van der Waals surface area (Å²) in [6.07, 6.45) is 0.332. The molecular weight excluding hydrogens is 386 g/mol. The molecule has 1 aliphatic heterocycles. The van der Waals surface area contributed by atoms with Gasteiger partial charge in [0.15, 0.2) is 0 Å². The van der Waals surface area contributed by atoms with Gasteiger partial charge in [-0.05, 0) is 42.8 Å². The molecule has 0 aliphatic carbocycles. The third-order valence-corrected chi connectivity index (χ3v) is 4.37. The van der Waals surface area contributed by atoms with Crippen molar-refractivity contribution in [1.82, 2.24) is 5.32 Å². The number of carbonyl (C=O) groups is 3. The van der Waals surface area contributed by atoms with Crippen molar-refractivity contribution in [2.24, 2.45) is 0 Å². The highest BCUT2D eigenvalue weighted by Gasteiger charge is 2.27. The second-order valence-corrected chi connectivity index (χ2v) is 6.57. The Kier molecular flexibility index (Phi) is 5.14. The second-order valence-electron chi connectivity index (χ2n) is 5.65. The molecular formula is C18H16BrN3O3. The zero-order valence-electron chi connectivity index (χ0n) is 13.2. The van der Waals surface area contributed by atoms with Crippen LogP contribution >= 0.6 is 15.9 Å². The fourth-order valence-electron chi connectivity index (χ4n) is 2.55. The van der Waals surface area contributed by atoms with Crippen LogP contribution in [0.2, 0.25) is 0 Å². The Bertz CT molecular complexity index is 821. The van der Waals surface area contributed by atoms with Gasteiger partial charge in [0.1, 0.15) is 6.04 Å². The fraction of sp³-hybridized carbons (Fsp3) is 0.167. The topological polar surface area (TPSA) is 87.3 Å². The van der Waals surface area contributed by atoms with Gasteiger partial charge < -0.3 is 16.0 Å². The number of hydrogen-bond donors (Lipinski definition) is 3. The van der Waals surface area contributed by atoms with Gasteiger partial charge in [0.2, 0.25) is 11.8 Å². The molecule has 0 saturated heterocycles. The highest BCUT2D eigenvalue weighted by atomic mass is 79.9. The molecule has 0 saturated carbocycles. The van der Waals surface area contributed by atoms with E-state index in [4.69, 9.17) is 0 Å². The molecule has 0 radical (unpaired) electrons. The van der Waals surface area contributed by atoms with E-state index >= 15 is 0 Å². The van der Waals surface area contributed by atoms with Crippen molar-refractivity contribution in [3.8, 4) is 0 Å². The van der Waals surface area contributed by atoms with Crippen LogP contribution in [0.4, 0.5) is 11.4 Å². The van der Waals surface area contributed by atoms with Gasteiger partial charge in [-0.15, -0.1) is 0 Å². The number of fused-ring (bicyclic) bond motifs is 1. The highest BCUT2D eigenvalue weighted by Crippen LogP contribution is 2.19. The molecule has 0 fully saturated rings. The molecule has 0 spiro atoms. The summed E-state index contributed by atoms with van der Waals surface area (Å²) in [5.41, 5.74) is 1.57. The Morgan fingerprint density at radius 1 is 1.08 bits per heavy atom. The molecule has 1 aliphatic rings. The Morgan fingerprint density at radius 3 is 2.56 bits per heavy atom. The van der Waals surface area contributed by atoms with E-state index in [0.717, 1.165) is 4.47 Å². The Balaban J connectivity index is 1.59. The normalized spacial score (nSPS) is 16.3. The van der Waals surface area contributed by atoms with Crippen molar-refractivity contribution in [2.45, 2.75) is 18.9 Å². The summed E-state index contributed by atoms with van der Waals surface area (Å²) in [6, 6.07) is 13.3. The van der Waals surface area contributed by atoms with Gasteiger partial charge in [0.05, 0.1) is 11.3 Å². The van der Waals surface area contributed by atoms with Crippen LogP contribution in [0.3, 0.4) is 0 Å². The number of carbonyl (C=O) groups excluding carboxylic acids is 3. The number of amides is 3. The predicted octanol–water partition coefficient (Wildman–Crippen LogP) is 2.92. The third-order valence-electron chi connectivity index (χ3n) is 3.84. The lowest BCUT2D eigenvalue weighted by Gasteiger charge is -2.14. The van der Waals surface area contributed by atoms with Crippen LogP contribution in [0.1, 0.15) is 23.2 Å². The van der Waals surface area contributed by atoms with E-state index in [0.29, 0.717) is 16.9 Å². The maximum Gasteiger partial charge on any atom is 0.254 e. The first-order valence-corrected chi connectivity index (χ1v) is 8.58. The SMILES string of the molecule is O=C(CCC1NC(=O)c2ccccc2NC1=O)Nc1ccc(Br)cc1. The average molecular weight is 402 g/mol. The quantitative estimate of drug-likeness (QED) is 0.735. The lowest BCUT2D eigenvalue weighted by atomic mass is 10.1. The smallest absolute Gasteiger partial charge is 0.254 e. The van der Waals surface area contributed by atoms with Crippen molar-refractivity contribution < 1.29 is 14.4 Å². The van der Waals surface area contributed by atoms with Gasteiger partial charge in [-0.2, -0.15) is 0 Å². The molecule has 1 atom stereocenters. The van der Waals surface area contributed by atoms with Crippen molar-refractivity contribution in [3.05, 3.63) is 58.6 Å². The Morgan fingerprint density at radius 2 is 1.80 bits per heavy atom. The molecule has 3 N–H and O–H groups in total. The van der Waals surface area contributed by atoms with Crippen molar-refractivity contribution in [2.75, 3.05) is 10.6 Å². The van der Waals surface area contributed by atoms with Gasteiger partial charge >= 0.3 is 0 Å². The van der Waals surface area contributed by atoms with E-state index in [1.807, 2.05) is 12.1 Å². The lowest BCUT2D eigenvalue weighted by molar-refractivity contribution is -0.118. The summed E-state index contributed by atoms with van der Waals surface area (Å²) in [7, 11) is 0. The van der Waals surface area contributed by atoms with E-state index in [1.165, 1.54) is 0 Å². The molecule has 1 unspecified atom stereocenters. The minimum atomic E-state index is -0.754. The standard InChI is InChI=1S/C18H16BrN3O3/c19-11-5-7-12(8-6-11)20-16(23)10-9-15-18(25)21-14-4-2-1-3-13(14)17(24)22-15/h1-8,15H,9-10H2,(H,20,23)(H,21,25)(H,22,24). The molecule has 0 aromatic heterocycles. The van der Waals surface area contributed by atoms with E-state index in [1.54, 1.807) is 36.4 Å². The summed E-state index contributed by atoms with van der Waals surface area (Å²) in [6.45, 7) is 0. The van der Waals surface area contributed by atoms with Crippen LogP contribution in [0.5, 0.6) is 0 Å². The van der Waals surface area contributed by atoms with Gasteiger partial charge in [0.25, 0.3) is 5.91 Å². The number of nitrogens with one attached hydrogen (secondary N) is 3. The van der Waals surface area contributed by atoms with Gasteiger partial charge in [-0.1, -0.05) is 28.1 Å². The molecule has 3 amide bonds. The highest BCUT2D eigenvalue weighted by molar-refractivity contribution is 9.10. The summed E-state index contributed by atoms with van der Waals surface area (Å²) in [4.78, 5) is 36.6. The Hall–Kier alpha value is -2.67. The lowest BCUT2D eigenvalue weighted by Crippen LogP contribution is -2.41. The number of halogens is 1. The molecule has 128 valence electrons. The second kappa shape index (κ2) is 7.48. The maximum atomic E-state index is 12.3. The van der Waals surface area contributed by atoms with Crippen molar-refractivity contribution >= 4 is 45.0 Å². The van der Waals surface area contributed by atoms with Crippen LogP contribution in [-0.4, -0.2) is 23.8 Å². The van der Waals surface area contributed by atoms with Gasteiger partial charge in [-0.3, -0.25) is 14.4 Å². The summed E-state index contributed by atoms with van der Waals surface area (Å²) in [5, 5.41) is 8.16.